The molecule has 4 aromatic rings. The zero-order valence-corrected chi connectivity index (χ0v) is 29.3. The topological polar surface area (TPSA) is 176 Å². The first kappa shape index (κ1) is 35.5. The highest BCUT2D eigenvalue weighted by molar-refractivity contribution is 7.52. The van der Waals surface area contributed by atoms with E-state index in [-0.39, 0.29) is 35.4 Å². The second-order valence-electron chi connectivity index (χ2n) is 13.8. The maximum atomic E-state index is 16.6. The number of nitrogens with two attached hydrogens (primary N) is 1. The van der Waals surface area contributed by atoms with Gasteiger partial charge in [0.15, 0.2) is 23.2 Å². The number of fused-ring (bicyclic) bond motifs is 2. The van der Waals surface area contributed by atoms with Crippen molar-refractivity contribution in [1.29, 1.82) is 0 Å². The molecule has 6 atom stereocenters. The minimum absolute atomic E-state index is 0.0712. The summed E-state index contributed by atoms with van der Waals surface area (Å²) in [5, 5.41) is 15.3. The number of alkyl halides is 1. The van der Waals surface area contributed by atoms with Crippen molar-refractivity contribution in [3.05, 3.63) is 48.8 Å². The van der Waals surface area contributed by atoms with E-state index in [1.54, 1.807) is 24.3 Å². The molecule has 4 N–H and O–H groups in total. The lowest BCUT2D eigenvalue weighted by atomic mass is 9.97. The van der Waals surface area contributed by atoms with Gasteiger partial charge in [0.1, 0.15) is 24.0 Å². The number of halogens is 1. The third kappa shape index (κ3) is 7.12. The van der Waals surface area contributed by atoms with Gasteiger partial charge in [0, 0.05) is 18.5 Å². The number of rotatable bonds is 12. The lowest BCUT2D eigenvalue weighted by molar-refractivity contribution is -0.148. The summed E-state index contributed by atoms with van der Waals surface area (Å²) in [6.45, 7) is 6.59. The van der Waals surface area contributed by atoms with Gasteiger partial charge in [-0.05, 0) is 36.6 Å². The summed E-state index contributed by atoms with van der Waals surface area (Å²) in [5.74, 6) is 1.91. The fourth-order valence-corrected chi connectivity index (χ4v) is 7.17. The molecule has 1 saturated carbocycles. The van der Waals surface area contributed by atoms with Crippen LogP contribution in [0.2, 0.25) is 0 Å². The predicted octanol–water partition coefficient (Wildman–Crippen LogP) is 4.53. The Labute approximate surface area is 289 Å². The van der Waals surface area contributed by atoms with Crippen LogP contribution in [0.5, 0.6) is 5.75 Å². The van der Waals surface area contributed by atoms with Crippen LogP contribution < -0.4 is 20.2 Å². The lowest BCUT2D eigenvalue weighted by Crippen LogP contribution is -2.42. The Morgan fingerprint density at radius 2 is 2.00 bits per heavy atom. The summed E-state index contributed by atoms with van der Waals surface area (Å²) in [7, 11) is -2.61. The van der Waals surface area contributed by atoms with Crippen LogP contribution in [0, 0.1) is 17.8 Å². The number of aromatic nitrogens is 4. The molecule has 0 unspecified atom stereocenters. The van der Waals surface area contributed by atoms with Crippen LogP contribution in [0.25, 0.3) is 21.9 Å². The van der Waals surface area contributed by atoms with Gasteiger partial charge in [-0.25, -0.2) is 13.9 Å². The Morgan fingerprint density at radius 3 is 2.70 bits per heavy atom. The summed E-state index contributed by atoms with van der Waals surface area (Å²) < 4.78 is 55.5. The van der Waals surface area contributed by atoms with E-state index in [0.29, 0.717) is 16.7 Å². The molecule has 1 aliphatic carbocycles. The highest BCUT2D eigenvalue weighted by atomic mass is 31.2. The molecule has 0 radical (unpaired) electrons. The molecule has 16 heteroatoms. The van der Waals surface area contributed by atoms with Crippen LogP contribution in [0.4, 0.5) is 16.2 Å². The third-order valence-electron chi connectivity index (χ3n) is 8.50. The molecule has 2 aromatic heterocycles. The fourth-order valence-electron chi connectivity index (χ4n) is 5.65. The average molecular weight is 710 g/mol. The molecule has 266 valence electrons. The largest absolute Gasteiger partial charge is 0.464 e. The number of nitrogen functional groups attached to an aromatic ring is 1. The molecule has 50 heavy (non-hydrogen) atoms. The molecule has 2 aliphatic rings. The fraction of sp³-hybridized carbons (Fsp3) is 0.471. The first-order chi connectivity index (χ1) is 23.6. The number of aliphatic hydroxyl groups excluding tert-OH is 1. The van der Waals surface area contributed by atoms with Gasteiger partial charge in [0.05, 0.1) is 19.5 Å². The monoisotopic (exact) mass is 709 g/mol. The molecule has 0 spiro atoms. The number of carbonyl (C=O) groups is 1. The normalized spacial score (nSPS) is 24.1. The smallest absolute Gasteiger partial charge is 0.459 e. The zero-order chi connectivity index (χ0) is 36.0. The highest BCUT2D eigenvalue weighted by Crippen LogP contribution is 2.49. The molecule has 1 saturated heterocycles. The number of hydrogen-bond donors (Lipinski definition) is 3. The summed E-state index contributed by atoms with van der Waals surface area (Å²) in [4.78, 5) is 27.9. The zero-order valence-electron chi connectivity index (χ0n) is 28.4. The third-order valence-corrected chi connectivity index (χ3v) is 10.1. The van der Waals surface area contributed by atoms with E-state index < -0.39 is 50.5 Å². The van der Waals surface area contributed by atoms with Crippen molar-refractivity contribution in [2.75, 3.05) is 30.9 Å². The maximum Gasteiger partial charge on any atom is 0.459 e. The molecule has 1 aliphatic heterocycles. The first-order valence-corrected chi connectivity index (χ1v) is 17.8. The Balaban J connectivity index is 1.27. The molecule has 0 bridgehead atoms. The van der Waals surface area contributed by atoms with E-state index in [4.69, 9.17) is 30.7 Å². The second-order valence-corrected chi connectivity index (χ2v) is 15.5. The summed E-state index contributed by atoms with van der Waals surface area (Å²) in [5.41, 5.74) is 3.41. The SMILES string of the molecule is C#C[C@@]1(F)[C@H](O)[C@@H](CO[P@@](=O)(N[C@@H](C)C(=O)OCC(C)(C)C)Oc2cccc3ccccc23)O[C@H]1n1cnc2c(N(C)C3CC3)nc(N)nc21. The second kappa shape index (κ2) is 13.4. The van der Waals surface area contributed by atoms with Gasteiger partial charge < -0.3 is 29.7 Å². The average Bonchev–Trinajstić information content (AvgIpc) is 3.80. The van der Waals surface area contributed by atoms with Crippen molar-refractivity contribution >= 4 is 47.4 Å². The van der Waals surface area contributed by atoms with E-state index in [0.717, 1.165) is 18.2 Å². The van der Waals surface area contributed by atoms with Crippen LogP contribution in [-0.2, 0) is 23.4 Å². The van der Waals surface area contributed by atoms with E-state index in [9.17, 15) is 14.5 Å². The van der Waals surface area contributed by atoms with Crippen molar-refractivity contribution in [2.24, 2.45) is 5.41 Å². The van der Waals surface area contributed by atoms with Crippen molar-refractivity contribution in [3.8, 4) is 18.1 Å². The van der Waals surface area contributed by atoms with Crippen LogP contribution in [0.15, 0.2) is 48.8 Å². The summed E-state index contributed by atoms with van der Waals surface area (Å²) in [6, 6.07) is 11.5. The highest BCUT2D eigenvalue weighted by Gasteiger charge is 2.58. The van der Waals surface area contributed by atoms with Crippen molar-refractivity contribution in [2.45, 2.75) is 76.7 Å². The molecule has 2 fully saturated rings. The van der Waals surface area contributed by atoms with Gasteiger partial charge in [0.25, 0.3) is 0 Å². The molecular weight excluding hydrogens is 668 g/mol. The van der Waals surface area contributed by atoms with E-state index in [2.05, 4.69) is 20.0 Å². The first-order valence-electron chi connectivity index (χ1n) is 16.2. The van der Waals surface area contributed by atoms with Gasteiger partial charge in [0.2, 0.25) is 11.6 Å². The Bertz CT molecular complexity index is 1990. The summed E-state index contributed by atoms with van der Waals surface area (Å²) in [6.07, 6.45) is 3.86. The number of imidazole rings is 1. The Morgan fingerprint density at radius 1 is 1.28 bits per heavy atom. The number of ether oxygens (including phenoxy) is 2. The van der Waals surface area contributed by atoms with Crippen molar-refractivity contribution < 1.29 is 37.4 Å². The van der Waals surface area contributed by atoms with Crippen LogP contribution in [0.3, 0.4) is 0 Å². The van der Waals surface area contributed by atoms with Gasteiger partial charge >= 0.3 is 13.7 Å². The van der Waals surface area contributed by atoms with Crippen LogP contribution in [0.1, 0.15) is 46.8 Å². The number of benzene rings is 2. The van der Waals surface area contributed by atoms with Crippen LogP contribution >= 0.6 is 7.75 Å². The van der Waals surface area contributed by atoms with Gasteiger partial charge in [-0.15, -0.1) is 6.42 Å². The quantitative estimate of drug-likeness (QED) is 0.106. The molecule has 2 aromatic carbocycles. The summed E-state index contributed by atoms with van der Waals surface area (Å²) >= 11 is 0. The number of carbonyl (C=O) groups excluding carboxylic acids is 1. The van der Waals surface area contributed by atoms with Gasteiger partial charge in [-0.2, -0.15) is 15.1 Å². The van der Waals surface area contributed by atoms with Crippen molar-refractivity contribution in [1.82, 2.24) is 24.6 Å². The number of hydrogen-bond acceptors (Lipinski definition) is 12. The molecule has 6 rings (SSSR count). The Kier molecular flexibility index (Phi) is 9.53. The number of aliphatic hydroxyl groups is 1. The number of terminal acetylenes is 1. The maximum absolute atomic E-state index is 16.6. The Hall–Kier alpha value is -4.32. The molecular formula is C34H41FN7O7P. The van der Waals surface area contributed by atoms with E-state index >= 15 is 4.39 Å². The number of nitrogens with one attached hydrogen (secondary N) is 1. The van der Waals surface area contributed by atoms with Gasteiger partial charge in [-0.3, -0.25) is 13.9 Å². The number of esters is 1. The predicted molar refractivity (Wildman–Crippen MR) is 185 cm³/mol. The van der Waals surface area contributed by atoms with E-state index in [1.165, 1.54) is 17.8 Å². The number of nitrogens with zero attached hydrogens (tertiary/aromatic N) is 5. The van der Waals surface area contributed by atoms with E-state index in [1.807, 2.05) is 56.8 Å². The molecule has 3 heterocycles. The molecule has 0 amide bonds. The lowest BCUT2D eigenvalue weighted by Gasteiger charge is -2.26. The standard InChI is InChI=1S/C34H41FN7O7P/c1-7-34(35)27(43)25(48-31(34)42-19-37-26-28(41(6)22-15-16-22)38-32(36)39-29(26)42)17-47-50(45,40-20(2)30(44)46-18-33(3,4)5)49-24-14-10-12-21-11-8-9-13-23(21)24/h1,8-14,19-20,22,25,27,31,43H,15-18H2,2-6H3,(H,40,45)(H2,36,38,39)/t20-,25+,27+,31+,34+,50-/m0/s1. The van der Waals surface area contributed by atoms with Crippen molar-refractivity contribution in [3.63, 3.8) is 0 Å². The molecule has 14 nitrogen and oxygen atoms in total. The van der Waals surface area contributed by atoms with Crippen LogP contribution in [-0.4, -0.2) is 80.8 Å². The van der Waals surface area contributed by atoms with Gasteiger partial charge in [-0.1, -0.05) is 63.1 Å². The minimum atomic E-state index is -4.47. The number of anilines is 2. The minimum Gasteiger partial charge on any atom is -0.464 e.